The van der Waals surface area contributed by atoms with Crippen LogP contribution in [0.3, 0.4) is 0 Å². The lowest BCUT2D eigenvalue weighted by Crippen LogP contribution is -2.34. The van der Waals surface area contributed by atoms with E-state index in [2.05, 4.69) is 25.2 Å². The van der Waals surface area contributed by atoms with Gasteiger partial charge in [-0.2, -0.15) is 0 Å². The molecule has 1 N–H and O–H groups in total. The zero-order valence-corrected chi connectivity index (χ0v) is 14.7. The van der Waals surface area contributed by atoms with E-state index in [1.807, 2.05) is 12.1 Å². The number of benzene rings is 1. The van der Waals surface area contributed by atoms with Crippen LogP contribution < -0.4 is 5.32 Å². The maximum Gasteiger partial charge on any atom is 0.0624 e. The van der Waals surface area contributed by atoms with Crippen LogP contribution in [0, 0.1) is 17.8 Å². The topological polar surface area (TPSA) is 12.0 Å². The second-order valence-electron chi connectivity index (χ2n) is 6.56. The molecule has 1 saturated carbocycles. The highest BCUT2D eigenvalue weighted by molar-refractivity contribution is 6.42. The van der Waals surface area contributed by atoms with Crippen LogP contribution in [0.25, 0.3) is 0 Å². The molecule has 2 rings (SSSR count). The molecule has 1 aliphatic carbocycles. The summed E-state index contributed by atoms with van der Waals surface area (Å²) in [6.07, 6.45) is 6.26. The minimum Gasteiger partial charge on any atom is -0.316 e. The highest BCUT2D eigenvalue weighted by Crippen LogP contribution is 2.37. The van der Waals surface area contributed by atoms with Crippen molar-refractivity contribution >= 4 is 23.2 Å². The van der Waals surface area contributed by atoms with E-state index in [9.17, 15) is 0 Å². The maximum absolute atomic E-state index is 6.38. The molecule has 0 bridgehead atoms. The van der Waals surface area contributed by atoms with Crippen molar-refractivity contribution < 1.29 is 0 Å². The first-order chi connectivity index (χ1) is 10.1. The summed E-state index contributed by atoms with van der Waals surface area (Å²) in [4.78, 5) is 0. The molecule has 118 valence electrons. The fraction of sp³-hybridized carbons (Fsp3) is 0.667. The Labute approximate surface area is 139 Å². The SMILES string of the molecule is CCCNCC1CCC(C)CC1Cc1cccc(Cl)c1Cl. The number of halogens is 2. The summed E-state index contributed by atoms with van der Waals surface area (Å²) < 4.78 is 0. The van der Waals surface area contributed by atoms with Gasteiger partial charge in [0.05, 0.1) is 10.0 Å². The minimum atomic E-state index is 0.679. The molecule has 0 amide bonds. The van der Waals surface area contributed by atoms with Gasteiger partial charge in [-0.15, -0.1) is 0 Å². The van der Waals surface area contributed by atoms with E-state index in [1.165, 1.54) is 31.2 Å². The third-order valence-corrected chi connectivity index (χ3v) is 5.61. The number of hydrogen-bond donors (Lipinski definition) is 1. The van der Waals surface area contributed by atoms with Gasteiger partial charge >= 0.3 is 0 Å². The van der Waals surface area contributed by atoms with Crippen molar-refractivity contribution in [1.82, 2.24) is 5.32 Å². The average Bonchev–Trinajstić information content (AvgIpc) is 2.46. The molecule has 3 heteroatoms. The van der Waals surface area contributed by atoms with Gasteiger partial charge in [0, 0.05) is 0 Å². The number of hydrogen-bond acceptors (Lipinski definition) is 1. The standard InChI is InChI=1S/C18H27Cl2N/c1-3-9-21-12-15-8-7-13(2)10-16(15)11-14-5-4-6-17(19)18(14)20/h4-6,13,15-16,21H,3,7-12H2,1-2H3. The summed E-state index contributed by atoms with van der Waals surface area (Å²) in [5.74, 6) is 2.31. The van der Waals surface area contributed by atoms with E-state index in [4.69, 9.17) is 23.2 Å². The summed E-state index contributed by atoms with van der Waals surface area (Å²) in [7, 11) is 0. The Morgan fingerprint density at radius 2 is 2.00 bits per heavy atom. The highest BCUT2D eigenvalue weighted by Gasteiger charge is 2.29. The van der Waals surface area contributed by atoms with Gasteiger partial charge in [0.1, 0.15) is 0 Å². The lowest BCUT2D eigenvalue weighted by atomic mass is 9.72. The predicted octanol–water partition coefficient (Wildman–Crippen LogP) is 5.59. The fourth-order valence-electron chi connectivity index (χ4n) is 3.53. The normalized spacial score (nSPS) is 26.0. The van der Waals surface area contributed by atoms with Crippen LogP contribution >= 0.6 is 23.2 Å². The summed E-state index contributed by atoms with van der Waals surface area (Å²) in [5.41, 5.74) is 1.21. The molecule has 0 heterocycles. The molecule has 1 fully saturated rings. The maximum atomic E-state index is 6.38. The van der Waals surface area contributed by atoms with Gasteiger partial charge in [-0.1, -0.05) is 55.6 Å². The van der Waals surface area contributed by atoms with Crippen LogP contribution in [-0.4, -0.2) is 13.1 Å². The van der Waals surface area contributed by atoms with Crippen molar-refractivity contribution in [2.75, 3.05) is 13.1 Å². The molecule has 1 aliphatic rings. The molecule has 1 aromatic rings. The molecule has 0 spiro atoms. The Bertz CT molecular complexity index is 447. The number of nitrogens with one attached hydrogen (secondary N) is 1. The molecule has 0 aliphatic heterocycles. The van der Waals surface area contributed by atoms with E-state index in [1.54, 1.807) is 0 Å². The molecule has 3 atom stereocenters. The Balaban J connectivity index is 2.03. The Hall–Kier alpha value is -0.240. The van der Waals surface area contributed by atoms with Crippen molar-refractivity contribution in [3.05, 3.63) is 33.8 Å². The second kappa shape index (κ2) is 8.41. The molecule has 3 unspecified atom stereocenters. The largest absolute Gasteiger partial charge is 0.316 e. The van der Waals surface area contributed by atoms with Crippen molar-refractivity contribution in [2.24, 2.45) is 17.8 Å². The lowest BCUT2D eigenvalue weighted by Gasteiger charge is -2.35. The molecule has 0 aromatic heterocycles. The van der Waals surface area contributed by atoms with E-state index in [-0.39, 0.29) is 0 Å². The lowest BCUT2D eigenvalue weighted by molar-refractivity contribution is 0.184. The van der Waals surface area contributed by atoms with Gasteiger partial charge in [-0.3, -0.25) is 0 Å². The monoisotopic (exact) mass is 327 g/mol. The van der Waals surface area contributed by atoms with Crippen LogP contribution in [-0.2, 0) is 6.42 Å². The van der Waals surface area contributed by atoms with E-state index in [0.29, 0.717) is 10.9 Å². The van der Waals surface area contributed by atoms with Gasteiger partial charge in [0.2, 0.25) is 0 Å². The first-order valence-electron chi connectivity index (χ1n) is 8.25. The summed E-state index contributed by atoms with van der Waals surface area (Å²) in [6.45, 7) is 6.86. The van der Waals surface area contributed by atoms with Crippen LogP contribution in [0.2, 0.25) is 10.0 Å². The van der Waals surface area contributed by atoms with E-state index < -0.39 is 0 Å². The first-order valence-corrected chi connectivity index (χ1v) is 9.01. The van der Waals surface area contributed by atoms with E-state index >= 15 is 0 Å². The van der Waals surface area contributed by atoms with Crippen molar-refractivity contribution in [1.29, 1.82) is 0 Å². The van der Waals surface area contributed by atoms with Gasteiger partial charge in [-0.25, -0.2) is 0 Å². The summed E-state index contributed by atoms with van der Waals surface area (Å²) >= 11 is 12.5. The fourth-order valence-corrected chi connectivity index (χ4v) is 3.93. The molecule has 21 heavy (non-hydrogen) atoms. The van der Waals surface area contributed by atoms with Crippen molar-refractivity contribution in [3.63, 3.8) is 0 Å². The smallest absolute Gasteiger partial charge is 0.0624 e. The van der Waals surface area contributed by atoms with Crippen molar-refractivity contribution in [3.8, 4) is 0 Å². The average molecular weight is 328 g/mol. The van der Waals surface area contributed by atoms with Crippen LogP contribution in [0.15, 0.2) is 18.2 Å². The third kappa shape index (κ3) is 4.87. The quantitative estimate of drug-likeness (QED) is 0.671. The molecule has 0 radical (unpaired) electrons. The summed E-state index contributed by atoms with van der Waals surface area (Å²) in [5, 5.41) is 5.03. The third-order valence-electron chi connectivity index (χ3n) is 4.75. The zero-order chi connectivity index (χ0) is 15.2. The van der Waals surface area contributed by atoms with Crippen LogP contribution in [0.5, 0.6) is 0 Å². The molecule has 0 saturated heterocycles. The van der Waals surface area contributed by atoms with Gasteiger partial charge in [-0.05, 0) is 68.2 Å². The van der Waals surface area contributed by atoms with Crippen molar-refractivity contribution in [2.45, 2.75) is 46.0 Å². The molecular weight excluding hydrogens is 301 g/mol. The summed E-state index contributed by atoms with van der Waals surface area (Å²) in [6, 6.07) is 6.02. The first kappa shape index (κ1) is 17.1. The molecule has 1 nitrogen and oxygen atoms in total. The van der Waals surface area contributed by atoms with Crippen LogP contribution in [0.1, 0.15) is 45.1 Å². The highest BCUT2D eigenvalue weighted by atomic mass is 35.5. The minimum absolute atomic E-state index is 0.679. The van der Waals surface area contributed by atoms with Gasteiger partial charge in [0.25, 0.3) is 0 Å². The second-order valence-corrected chi connectivity index (χ2v) is 7.34. The Kier molecular flexibility index (Phi) is 6.85. The Morgan fingerprint density at radius 1 is 1.19 bits per heavy atom. The molecule has 1 aromatic carbocycles. The van der Waals surface area contributed by atoms with Gasteiger partial charge < -0.3 is 5.32 Å². The number of rotatable bonds is 6. The predicted molar refractivity (Wildman–Crippen MR) is 93.3 cm³/mol. The van der Waals surface area contributed by atoms with E-state index in [0.717, 1.165) is 36.4 Å². The Morgan fingerprint density at radius 3 is 2.76 bits per heavy atom. The van der Waals surface area contributed by atoms with Gasteiger partial charge in [0.15, 0.2) is 0 Å². The zero-order valence-electron chi connectivity index (χ0n) is 13.2. The van der Waals surface area contributed by atoms with Crippen LogP contribution in [0.4, 0.5) is 0 Å². The molecular formula is C18H27Cl2N.